The average Bonchev–Trinajstić information content (AvgIpc) is 2.88. The fourth-order valence-electron chi connectivity index (χ4n) is 3.93. The largest absolute Gasteiger partial charge is 0.373 e. The molecule has 0 aliphatic heterocycles. The number of anilines is 2. The molecule has 3 aromatic rings. The lowest BCUT2D eigenvalue weighted by Gasteiger charge is -2.12. The number of hydrogen-bond donors (Lipinski definition) is 4. The molecule has 0 radical (unpaired) electrons. The topological polar surface area (TPSA) is 107 Å². The molecule has 0 aliphatic rings. The van der Waals surface area contributed by atoms with Crippen molar-refractivity contribution in [3.8, 4) is 0 Å². The number of hydrogen-bond acceptors (Lipinski definition) is 4. The SMILES string of the molecule is CN=C(NC)c1ccc(NC(=O)c2ccc(C(=O)Nc3ccc(C(=NC)NC)c(C)c3)cc2)cc1C. The summed E-state index contributed by atoms with van der Waals surface area (Å²) in [4.78, 5) is 33.9. The van der Waals surface area contributed by atoms with Crippen molar-refractivity contribution < 1.29 is 9.59 Å². The Bertz CT molecular complexity index is 1220. The van der Waals surface area contributed by atoms with Gasteiger partial charge in [-0.25, -0.2) is 0 Å². The maximum Gasteiger partial charge on any atom is 0.255 e. The van der Waals surface area contributed by atoms with Crippen LogP contribution in [-0.4, -0.2) is 51.7 Å². The summed E-state index contributed by atoms with van der Waals surface area (Å²) in [6.07, 6.45) is 0. The summed E-state index contributed by atoms with van der Waals surface area (Å²) < 4.78 is 0. The lowest BCUT2D eigenvalue weighted by Crippen LogP contribution is -2.21. The molecule has 0 spiro atoms. The molecule has 8 heteroatoms. The Morgan fingerprint density at radius 2 is 0.972 bits per heavy atom. The summed E-state index contributed by atoms with van der Waals surface area (Å²) in [5.74, 6) is 1.05. The highest BCUT2D eigenvalue weighted by atomic mass is 16.2. The van der Waals surface area contributed by atoms with Crippen molar-refractivity contribution in [1.29, 1.82) is 0 Å². The number of amides is 2. The minimum absolute atomic E-state index is 0.253. The fraction of sp³-hybridized carbons (Fsp3) is 0.214. The number of nitrogens with one attached hydrogen (secondary N) is 4. The molecule has 4 N–H and O–H groups in total. The van der Waals surface area contributed by atoms with Crippen molar-refractivity contribution in [2.75, 3.05) is 38.8 Å². The van der Waals surface area contributed by atoms with Crippen LogP contribution in [0.1, 0.15) is 43.0 Å². The smallest absolute Gasteiger partial charge is 0.255 e. The zero-order valence-electron chi connectivity index (χ0n) is 21.5. The highest BCUT2D eigenvalue weighted by molar-refractivity contribution is 6.08. The van der Waals surface area contributed by atoms with Crippen LogP contribution in [0.5, 0.6) is 0 Å². The molecule has 186 valence electrons. The normalized spacial score (nSPS) is 11.6. The van der Waals surface area contributed by atoms with E-state index in [1.165, 1.54) is 0 Å². The van der Waals surface area contributed by atoms with Crippen molar-refractivity contribution in [3.63, 3.8) is 0 Å². The first-order valence-corrected chi connectivity index (χ1v) is 11.5. The lowest BCUT2D eigenvalue weighted by molar-refractivity contribution is 0.101. The molecule has 0 aliphatic carbocycles. The molecular formula is C28H32N6O2. The van der Waals surface area contributed by atoms with Crippen LogP contribution in [-0.2, 0) is 0 Å². The van der Waals surface area contributed by atoms with E-state index in [-0.39, 0.29) is 11.8 Å². The molecule has 0 saturated heterocycles. The van der Waals surface area contributed by atoms with Gasteiger partial charge in [0.15, 0.2) is 0 Å². The highest BCUT2D eigenvalue weighted by Crippen LogP contribution is 2.19. The quantitative estimate of drug-likeness (QED) is 0.313. The van der Waals surface area contributed by atoms with Gasteiger partial charge in [-0.2, -0.15) is 0 Å². The van der Waals surface area contributed by atoms with Crippen LogP contribution >= 0.6 is 0 Å². The van der Waals surface area contributed by atoms with E-state index in [0.29, 0.717) is 22.5 Å². The van der Waals surface area contributed by atoms with Gasteiger partial charge in [-0.3, -0.25) is 19.6 Å². The summed E-state index contributed by atoms with van der Waals surface area (Å²) in [5, 5.41) is 11.9. The maximum absolute atomic E-state index is 12.7. The highest BCUT2D eigenvalue weighted by Gasteiger charge is 2.12. The molecule has 36 heavy (non-hydrogen) atoms. The number of rotatable bonds is 6. The number of nitrogens with zero attached hydrogens (tertiary/aromatic N) is 2. The number of aryl methyl sites for hydroxylation is 2. The van der Waals surface area contributed by atoms with Gasteiger partial charge in [-0.15, -0.1) is 0 Å². The molecule has 0 aromatic heterocycles. The van der Waals surface area contributed by atoms with E-state index in [1.807, 2.05) is 64.3 Å². The molecule has 0 saturated carbocycles. The number of amidine groups is 2. The first-order chi connectivity index (χ1) is 17.3. The third kappa shape index (κ3) is 5.96. The summed E-state index contributed by atoms with van der Waals surface area (Å²) in [6.45, 7) is 3.93. The zero-order valence-corrected chi connectivity index (χ0v) is 21.5. The molecule has 8 nitrogen and oxygen atoms in total. The van der Waals surface area contributed by atoms with Gasteiger partial charge in [0.2, 0.25) is 0 Å². The van der Waals surface area contributed by atoms with Gasteiger partial charge >= 0.3 is 0 Å². The molecule has 0 bridgehead atoms. The Morgan fingerprint density at radius 3 is 1.25 bits per heavy atom. The molecule has 3 rings (SSSR count). The summed E-state index contributed by atoms with van der Waals surface area (Å²) in [5.41, 5.74) is 6.20. The van der Waals surface area contributed by atoms with E-state index < -0.39 is 0 Å². The zero-order chi connectivity index (χ0) is 26.2. The summed E-state index contributed by atoms with van der Waals surface area (Å²) in [7, 11) is 7.09. The van der Waals surface area contributed by atoms with Crippen molar-refractivity contribution >= 4 is 34.9 Å². The summed E-state index contributed by atoms with van der Waals surface area (Å²) in [6, 6.07) is 17.9. The standard InChI is InChI=1S/C28H32N6O2/c1-17-15-21(11-13-23(17)25(29-3)30-4)33-27(35)19-7-9-20(10-8-19)28(36)34-22-12-14-24(18(2)16-22)26(31-5)32-6/h7-16H,1-6H3,(H,29,30)(H,31,32)(H,33,35)(H,34,36). The first kappa shape index (κ1) is 26.2. The van der Waals surface area contributed by atoms with Gasteiger partial charge in [0.05, 0.1) is 0 Å². The van der Waals surface area contributed by atoms with E-state index in [4.69, 9.17) is 0 Å². The van der Waals surface area contributed by atoms with E-state index in [2.05, 4.69) is 31.3 Å². The van der Waals surface area contributed by atoms with Crippen LogP contribution in [0.25, 0.3) is 0 Å². The Hall–Kier alpha value is -4.46. The number of carbonyl (C=O) groups excluding carboxylic acids is 2. The van der Waals surface area contributed by atoms with Gasteiger partial charge in [0.25, 0.3) is 11.8 Å². The minimum Gasteiger partial charge on any atom is -0.373 e. The molecule has 0 unspecified atom stereocenters. The Labute approximate surface area is 212 Å². The third-order valence-corrected chi connectivity index (χ3v) is 5.81. The van der Waals surface area contributed by atoms with Crippen molar-refractivity contribution in [3.05, 3.63) is 94.0 Å². The van der Waals surface area contributed by atoms with Crippen LogP contribution < -0.4 is 21.3 Å². The fourth-order valence-corrected chi connectivity index (χ4v) is 3.93. The van der Waals surface area contributed by atoms with E-state index in [1.54, 1.807) is 38.4 Å². The minimum atomic E-state index is -0.253. The number of carbonyl (C=O) groups is 2. The Morgan fingerprint density at radius 1 is 0.611 bits per heavy atom. The van der Waals surface area contributed by atoms with E-state index in [9.17, 15) is 9.59 Å². The van der Waals surface area contributed by atoms with Crippen molar-refractivity contribution in [1.82, 2.24) is 10.6 Å². The van der Waals surface area contributed by atoms with Crippen LogP contribution in [0.3, 0.4) is 0 Å². The predicted molar refractivity (Wildman–Crippen MR) is 148 cm³/mol. The molecule has 0 heterocycles. The predicted octanol–water partition coefficient (Wildman–Crippen LogP) is 4.00. The average molecular weight is 485 g/mol. The summed E-state index contributed by atoms with van der Waals surface area (Å²) >= 11 is 0. The first-order valence-electron chi connectivity index (χ1n) is 11.5. The monoisotopic (exact) mass is 484 g/mol. The van der Waals surface area contributed by atoms with Gasteiger partial charge in [0.1, 0.15) is 11.7 Å². The molecule has 0 atom stereocenters. The molecule has 0 fully saturated rings. The number of aliphatic imine (C=N–C) groups is 2. The lowest BCUT2D eigenvalue weighted by atomic mass is 10.1. The second kappa shape index (κ2) is 11.8. The molecular weight excluding hydrogens is 452 g/mol. The van der Waals surface area contributed by atoms with Gasteiger partial charge < -0.3 is 21.3 Å². The second-order valence-electron chi connectivity index (χ2n) is 8.19. The maximum atomic E-state index is 12.7. The van der Waals surface area contributed by atoms with Gasteiger partial charge in [-0.1, -0.05) is 0 Å². The number of benzene rings is 3. The van der Waals surface area contributed by atoms with E-state index in [0.717, 1.165) is 33.9 Å². The van der Waals surface area contributed by atoms with Gasteiger partial charge in [0, 0.05) is 61.8 Å². The Kier molecular flexibility index (Phi) is 8.57. The van der Waals surface area contributed by atoms with Crippen LogP contribution in [0.15, 0.2) is 70.6 Å². The van der Waals surface area contributed by atoms with Crippen molar-refractivity contribution in [2.45, 2.75) is 13.8 Å². The molecule has 3 aromatic carbocycles. The Balaban J connectivity index is 1.67. The van der Waals surface area contributed by atoms with Crippen molar-refractivity contribution in [2.24, 2.45) is 9.98 Å². The third-order valence-electron chi connectivity index (χ3n) is 5.81. The van der Waals surface area contributed by atoms with Crippen LogP contribution in [0, 0.1) is 13.8 Å². The van der Waals surface area contributed by atoms with Crippen LogP contribution in [0.4, 0.5) is 11.4 Å². The van der Waals surface area contributed by atoms with Crippen LogP contribution in [0.2, 0.25) is 0 Å². The second-order valence-corrected chi connectivity index (χ2v) is 8.19. The van der Waals surface area contributed by atoms with Gasteiger partial charge in [-0.05, 0) is 85.6 Å². The van der Waals surface area contributed by atoms with E-state index >= 15 is 0 Å². The molecule has 2 amide bonds.